The number of hydrogen-bond donors (Lipinski definition) is 1. The van der Waals surface area contributed by atoms with Gasteiger partial charge in [-0.25, -0.2) is 0 Å². The summed E-state index contributed by atoms with van der Waals surface area (Å²) < 4.78 is 21.7. The summed E-state index contributed by atoms with van der Waals surface area (Å²) in [6.07, 6.45) is 0.887. The van der Waals surface area contributed by atoms with E-state index in [1.54, 1.807) is 34.5 Å². The van der Waals surface area contributed by atoms with Crippen molar-refractivity contribution in [3.05, 3.63) is 42.1 Å². The van der Waals surface area contributed by atoms with Crippen LogP contribution in [0, 0.1) is 0 Å². The highest BCUT2D eigenvalue weighted by molar-refractivity contribution is 6.02. The van der Waals surface area contributed by atoms with Gasteiger partial charge in [0, 0.05) is 43.3 Å². The van der Waals surface area contributed by atoms with Crippen molar-refractivity contribution in [1.29, 1.82) is 0 Å². The lowest BCUT2D eigenvalue weighted by atomic mass is 10.2. The number of hydrogen-bond acceptors (Lipinski definition) is 6. The number of aromatic amines is 1. The number of fused-ring (bicyclic) bond motifs is 1. The van der Waals surface area contributed by atoms with Crippen LogP contribution in [0.5, 0.6) is 23.0 Å². The standard InChI is InChI=1S/C24H29N3O5/c1-29-17-8-6-16(7-9-17)26-10-5-11-27(13-12-26)24(28)19-14-18-20(30-2)15-21(31-3)23(32-4)22(18)25-19/h6-9,14-15,25H,5,10-13H2,1-4H3. The lowest BCUT2D eigenvalue weighted by Gasteiger charge is -2.23. The van der Waals surface area contributed by atoms with Crippen LogP contribution in [-0.2, 0) is 0 Å². The number of methoxy groups -OCH3 is 4. The SMILES string of the molecule is COc1ccc(N2CCCN(C(=O)c3cc4c(OC)cc(OC)c(OC)c4[nH]3)CC2)cc1. The van der Waals surface area contributed by atoms with Gasteiger partial charge in [-0.05, 0) is 36.8 Å². The Morgan fingerprint density at radius 1 is 0.844 bits per heavy atom. The van der Waals surface area contributed by atoms with E-state index in [1.165, 1.54) is 0 Å². The second-order valence-electron chi connectivity index (χ2n) is 7.62. The molecule has 4 rings (SSSR count). The van der Waals surface area contributed by atoms with E-state index in [1.807, 2.05) is 23.1 Å². The van der Waals surface area contributed by atoms with Crippen LogP contribution in [0.1, 0.15) is 16.9 Å². The summed E-state index contributed by atoms with van der Waals surface area (Å²) >= 11 is 0. The molecule has 1 saturated heterocycles. The maximum absolute atomic E-state index is 13.3. The average Bonchev–Trinajstić information content (AvgIpc) is 3.13. The third-order valence-electron chi connectivity index (χ3n) is 5.89. The molecule has 0 spiro atoms. The molecule has 1 aliphatic heterocycles. The molecule has 170 valence electrons. The molecular weight excluding hydrogens is 410 g/mol. The Labute approximate surface area is 187 Å². The molecule has 1 amide bonds. The second-order valence-corrected chi connectivity index (χ2v) is 7.62. The van der Waals surface area contributed by atoms with Crippen LogP contribution in [0.25, 0.3) is 10.9 Å². The van der Waals surface area contributed by atoms with Gasteiger partial charge in [-0.15, -0.1) is 0 Å². The molecule has 8 nitrogen and oxygen atoms in total. The quantitative estimate of drug-likeness (QED) is 0.633. The number of carbonyl (C=O) groups is 1. The molecule has 0 bridgehead atoms. The first-order valence-electron chi connectivity index (χ1n) is 10.6. The second kappa shape index (κ2) is 9.30. The van der Waals surface area contributed by atoms with Gasteiger partial charge in [-0.2, -0.15) is 0 Å². The Kier molecular flexibility index (Phi) is 6.30. The normalized spacial score (nSPS) is 14.2. The predicted octanol–water partition coefficient (Wildman–Crippen LogP) is 3.55. The summed E-state index contributed by atoms with van der Waals surface area (Å²) in [6, 6.07) is 11.6. The minimum absolute atomic E-state index is 0.0409. The zero-order chi connectivity index (χ0) is 22.7. The van der Waals surface area contributed by atoms with E-state index in [2.05, 4.69) is 22.0 Å². The first kappa shape index (κ1) is 21.7. The van der Waals surface area contributed by atoms with Crippen molar-refractivity contribution in [2.75, 3.05) is 59.5 Å². The topological polar surface area (TPSA) is 76.3 Å². The van der Waals surface area contributed by atoms with Crippen molar-refractivity contribution >= 4 is 22.5 Å². The van der Waals surface area contributed by atoms with Crippen LogP contribution < -0.4 is 23.8 Å². The molecule has 0 saturated carbocycles. The lowest BCUT2D eigenvalue weighted by molar-refractivity contribution is 0.0762. The molecule has 1 N–H and O–H groups in total. The number of carbonyl (C=O) groups excluding carboxylic acids is 1. The van der Waals surface area contributed by atoms with Crippen LogP contribution in [0.3, 0.4) is 0 Å². The third-order valence-corrected chi connectivity index (χ3v) is 5.89. The Hall–Kier alpha value is -3.55. The van der Waals surface area contributed by atoms with Gasteiger partial charge in [0.1, 0.15) is 17.2 Å². The minimum Gasteiger partial charge on any atom is -0.497 e. The molecule has 1 fully saturated rings. The minimum atomic E-state index is -0.0409. The van der Waals surface area contributed by atoms with E-state index in [0.717, 1.165) is 36.3 Å². The summed E-state index contributed by atoms with van der Waals surface area (Å²) in [7, 11) is 6.41. The fourth-order valence-corrected chi connectivity index (χ4v) is 4.19. The van der Waals surface area contributed by atoms with Gasteiger partial charge < -0.3 is 33.7 Å². The Morgan fingerprint density at radius 2 is 1.59 bits per heavy atom. The number of ether oxygens (including phenoxy) is 4. The van der Waals surface area contributed by atoms with E-state index in [9.17, 15) is 4.79 Å². The zero-order valence-electron chi connectivity index (χ0n) is 18.9. The van der Waals surface area contributed by atoms with Gasteiger partial charge in [0.2, 0.25) is 0 Å². The highest BCUT2D eigenvalue weighted by Crippen LogP contribution is 2.41. The lowest BCUT2D eigenvalue weighted by Crippen LogP contribution is -2.35. The molecule has 0 aliphatic carbocycles. The van der Waals surface area contributed by atoms with Gasteiger partial charge in [0.05, 0.1) is 34.0 Å². The molecule has 0 atom stereocenters. The van der Waals surface area contributed by atoms with Crippen molar-refractivity contribution in [1.82, 2.24) is 9.88 Å². The van der Waals surface area contributed by atoms with Gasteiger partial charge in [-0.3, -0.25) is 4.79 Å². The Balaban J connectivity index is 1.56. The van der Waals surface area contributed by atoms with Gasteiger partial charge in [0.15, 0.2) is 11.5 Å². The zero-order valence-corrected chi connectivity index (χ0v) is 18.9. The maximum Gasteiger partial charge on any atom is 0.270 e. The van der Waals surface area contributed by atoms with Gasteiger partial charge in [-0.1, -0.05) is 0 Å². The van der Waals surface area contributed by atoms with Crippen molar-refractivity contribution in [3.8, 4) is 23.0 Å². The monoisotopic (exact) mass is 439 g/mol. The van der Waals surface area contributed by atoms with Crippen LogP contribution in [0.4, 0.5) is 5.69 Å². The van der Waals surface area contributed by atoms with E-state index in [4.69, 9.17) is 18.9 Å². The molecule has 1 aromatic heterocycles. The number of nitrogens with zero attached hydrogens (tertiary/aromatic N) is 2. The third kappa shape index (κ3) is 4.00. The molecular formula is C24H29N3O5. The molecule has 2 heterocycles. The first-order chi connectivity index (χ1) is 15.6. The van der Waals surface area contributed by atoms with Crippen LogP contribution in [0.2, 0.25) is 0 Å². The molecule has 32 heavy (non-hydrogen) atoms. The molecule has 8 heteroatoms. The van der Waals surface area contributed by atoms with Gasteiger partial charge in [0.25, 0.3) is 5.91 Å². The summed E-state index contributed by atoms with van der Waals surface area (Å²) in [6.45, 7) is 2.98. The van der Waals surface area contributed by atoms with Crippen LogP contribution in [0.15, 0.2) is 36.4 Å². The summed E-state index contributed by atoms with van der Waals surface area (Å²) in [4.78, 5) is 20.8. The number of amides is 1. The van der Waals surface area contributed by atoms with Crippen molar-refractivity contribution in [2.24, 2.45) is 0 Å². The van der Waals surface area contributed by atoms with E-state index >= 15 is 0 Å². The highest BCUT2D eigenvalue weighted by Gasteiger charge is 2.24. The number of aromatic nitrogens is 1. The van der Waals surface area contributed by atoms with E-state index in [-0.39, 0.29) is 5.91 Å². The largest absolute Gasteiger partial charge is 0.497 e. The fraction of sp³-hybridized carbons (Fsp3) is 0.375. The highest BCUT2D eigenvalue weighted by atomic mass is 16.5. The molecule has 0 radical (unpaired) electrons. The Bertz CT molecular complexity index is 1090. The summed E-state index contributed by atoms with van der Waals surface area (Å²) in [5, 5.41) is 0.781. The Morgan fingerprint density at radius 3 is 2.25 bits per heavy atom. The van der Waals surface area contributed by atoms with Gasteiger partial charge >= 0.3 is 0 Å². The predicted molar refractivity (Wildman–Crippen MR) is 124 cm³/mol. The number of rotatable bonds is 6. The first-order valence-corrected chi connectivity index (χ1v) is 10.6. The number of anilines is 1. The molecule has 1 aliphatic rings. The van der Waals surface area contributed by atoms with Crippen LogP contribution >= 0.6 is 0 Å². The van der Waals surface area contributed by atoms with Crippen molar-refractivity contribution in [2.45, 2.75) is 6.42 Å². The maximum atomic E-state index is 13.3. The summed E-state index contributed by atoms with van der Waals surface area (Å²) in [5.74, 6) is 2.50. The smallest absolute Gasteiger partial charge is 0.270 e. The average molecular weight is 440 g/mol. The molecule has 2 aromatic carbocycles. The molecule has 3 aromatic rings. The van der Waals surface area contributed by atoms with Crippen molar-refractivity contribution in [3.63, 3.8) is 0 Å². The molecule has 0 unspecified atom stereocenters. The van der Waals surface area contributed by atoms with Crippen LogP contribution in [-0.4, -0.2) is 70.4 Å². The van der Waals surface area contributed by atoms with Crippen molar-refractivity contribution < 1.29 is 23.7 Å². The number of benzene rings is 2. The summed E-state index contributed by atoms with van der Waals surface area (Å²) in [5.41, 5.74) is 2.32. The fourth-order valence-electron chi connectivity index (χ4n) is 4.19. The van der Waals surface area contributed by atoms with E-state index in [0.29, 0.717) is 41.5 Å². The number of H-pyrrole nitrogens is 1. The van der Waals surface area contributed by atoms with E-state index < -0.39 is 0 Å². The number of nitrogens with one attached hydrogen (secondary N) is 1.